The molecule has 28 heavy (non-hydrogen) atoms. The van der Waals surface area contributed by atoms with E-state index in [1.165, 1.54) is 129 Å². The van der Waals surface area contributed by atoms with Gasteiger partial charge in [0.15, 0.2) is 6.26 Å². The van der Waals surface area contributed by atoms with E-state index in [1.807, 2.05) is 12.2 Å². The Hall–Kier alpha value is -1.05. The van der Waals surface area contributed by atoms with Crippen molar-refractivity contribution in [2.24, 2.45) is 0 Å². The molecule has 0 aliphatic carbocycles. The van der Waals surface area contributed by atoms with Crippen molar-refractivity contribution in [3.05, 3.63) is 25.0 Å². The standard InChI is InChI=1S/C26H47O2/c1-3-4-5-6-7-8-9-10-11-12-13-14-15-16-17-18-19-20-21-22-23-24-25-28-26(2)27/h3,24H,1,4-23H2,2H3. The van der Waals surface area contributed by atoms with Gasteiger partial charge in [-0.15, -0.1) is 6.58 Å². The maximum absolute atomic E-state index is 10.6. The number of hydrogen-bond donors (Lipinski definition) is 0. The van der Waals surface area contributed by atoms with Gasteiger partial charge in [-0.3, -0.25) is 4.79 Å². The highest BCUT2D eigenvalue weighted by atomic mass is 16.5. The summed E-state index contributed by atoms with van der Waals surface area (Å²) >= 11 is 0. The lowest BCUT2D eigenvalue weighted by atomic mass is 10.0. The molecule has 0 saturated carbocycles. The highest BCUT2D eigenvalue weighted by Gasteiger charge is 1.95. The van der Waals surface area contributed by atoms with Gasteiger partial charge in [0.25, 0.3) is 0 Å². The van der Waals surface area contributed by atoms with Crippen LogP contribution in [0.4, 0.5) is 0 Å². The molecule has 1 radical (unpaired) electrons. The van der Waals surface area contributed by atoms with Crippen LogP contribution in [0.2, 0.25) is 0 Å². The van der Waals surface area contributed by atoms with Gasteiger partial charge in [0.2, 0.25) is 0 Å². The number of unbranched alkanes of at least 4 members (excludes halogenated alkanes) is 19. The summed E-state index contributed by atoms with van der Waals surface area (Å²) in [5.41, 5.74) is 0. The minimum absolute atomic E-state index is 0.294. The van der Waals surface area contributed by atoms with Gasteiger partial charge in [-0.25, -0.2) is 0 Å². The van der Waals surface area contributed by atoms with Gasteiger partial charge in [-0.1, -0.05) is 109 Å². The zero-order valence-electron chi connectivity index (χ0n) is 18.8. The van der Waals surface area contributed by atoms with Crippen molar-refractivity contribution in [1.29, 1.82) is 0 Å². The quantitative estimate of drug-likeness (QED) is 0.0797. The molecule has 0 spiro atoms. The van der Waals surface area contributed by atoms with Crippen LogP contribution < -0.4 is 0 Å². The molecule has 2 heteroatoms. The zero-order valence-corrected chi connectivity index (χ0v) is 18.8. The molecule has 0 unspecified atom stereocenters. The van der Waals surface area contributed by atoms with E-state index < -0.39 is 0 Å². The lowest BCUT2D eigenvalue weighted by molar-refractivity contribution is -0.136. The number of carbonyl (C=O) groups is 1. The van der Waals surface area contributed by atoms with Gasteiger partial charge in [0.1, 0.15) is 0 Å². The van der Waals surface area contributed by atoms with Crippen LogP contribution in [0.25, 0.3) is 0 Å². The SMILES string of the molecule is C=CCCCCCCCCCCCCCCCCCCCCC=[C]OC(C)=O. The Morgan fingerprint density at radius 1 is 0.643 bits per heavy atom. The molecule has 0 N–H and O–H groups in total. The summed E-state index contributed by atoms with van der Waals surface area (Å²) in [4.78, 5) is 10.6. The topological polar surface area (TPSA) is 26.3 Å². The van der Waals surface area contributed by atoms with E-state index in [9.17, 15) is 4.79 Å². The molecule has 0 aromatic heterocycles. The third kappa shape index (κ3) is 24.9. The number of hydrogen-bond acceptors (Lipinski definition) is 2. The molecule has 0 aromatic rings. The van der Waals surface area contributed by atoms with Gasteiger partial charge in [0, 0.05) is 6.92 Å². The number of carbonyl (C=O) groups excluding carboxylic acids is 1. The van der Waals surface area contributed by atoms with E-state index in [0.29, 0.717) is 0 Å². The Balaban J connectivity index is 3.04. The van der Waals surface area contributed by atoms with Crippen LogP contribution in [0.15, 0.2) is 18.7 Å². The van der Waals surface area contributed by atoms with Crippen molar-refractivity contribution in [3.63, 3.8) is 0 Å². The van der Waals surface area contributed by atoms with Crippen LogP contribution in [-0.2, 0) is 9.53 Å². The number of allylic oxidation sites excluding steroid dienone is 2. The second-order valence-electron chi connectivity index (χ2n) is 8.15. The van der Waals surface area contributed by atoms with Gasteiger partial charge in [0.05, 0.1) is 0 Å². The molecule has 0 heterocycles. The average molecular weight is 392 g/mol. The van der Waals surface area contributed by atoms with Gasteiger partial charge in [-0.2, -0.15) is 0 Å². The summed E-state index contributed by atoms with van der Waals surface area (Å²) in [7, 11) is 0. The molecule has 0 saturated heterocycles. The minimum atomic E-state index is -0.294. The Morgan fingerprint density at radius 2 is 0.964 bits per heavy atom. The summed E-state index contributed by atoms with van der Waals surface area (Å²) in [5.74, 6) is -0.294. The fourth-order valence-corrected chi connectivity index (χ4v) is 3.55. The highest BCUT2D eigenvalue weighted by molar-refractivity contribution is 5.66. The molecule has 0 atom stereocenters. The number of esters is 1. The van der Waals surface area contributed by atoms with Crippen molar-refractivity contribution < 1.29 is 9.53 Å². The number of ether oxygens (including phenoxy) is 1. The second kappa shape index (κ2) is 24.0. The molecule has 0 amide bonds. The second-order valence-corrected chi connectivity index (χ2v) is 8.15. The molecule has 163 valence electrons. The minimum Gasteiger partial charge on any atom is -0.423 e. The highest BCUT2D eigenvalue weighted by Crippen LogP contribution is 2.14. The van der Waals surface area contributed by atoms with Crippen molar-refractivity contribution in [2.45, 2.75) is 135 Å². The maximum atomic E-state index is 10.6. The Labute approximate surface area is 176 Å². The molecule has 0 fully saturated rings. The van der Waals surface area contributed by atoms with Gasteiger partial charge in [-0.05, 0) is 31.8 Å². The van der Waals surface area contributed by atoms with E-state index in [-0.39, 0.29) is 5.97 Å². The van der Waals surface area contributed by atoms with Crippen LogP contribution in [0, 0.1) is 6.26 Å². The van der Waals surface area contributed by atoms with Crippen LogP contribution >= 0.6 is 0 Å². The molecule has 2 nitrogen and oxygen atoms in total. The van der Waals surface area contributed by atoms with Gasteiger partial charge >= 0.3 is 5.97 Å². The molecule has 0 bridgehead atoms. The first-order valence-corrected chi connectivity index (χ1v) is 12.1. The third-order valence-electron chi connectivity index (χ3n) is 5.29. The van der Waals surface area contributed by atoms with Crippen molar-refractivity contribution >= 4 is 5.97 Å². The summed E-state index contributed by atoms with van der Waals surface area (Å²) in [6.45, 7) is 5.18. The van der Waals surface area contributed by atoms with Crippen LogP contribution in [0.3, 0.4) is 0 Å². The lowest BCUT2D eigenvalue weighted by Crippen LogP contribution is -1.89. The largest absolute Gasteiger partial charge is 0.423 e. The summed E-state index contributed by atoms with van der Waals surface area (Å²) in [5, 5.41) is 0. The Kier molecular flexibility index (Phi) is 23.1. The zero-order chi connectivity index (χ0) is 20.5. The van der Waals surface area contributed by atoms with Crippen molar-refractivity contribution in [3.8, 4) is 0 Å². The van der Waals surface area contributed by atoms with E-state index in [4.69, 9.17) is 0 Å². The number of rotatable bonds is 22. The third-order valence-corrected chi connectivity index (χ3v) is 5.29. The van der Waals surface area contributed by atoms with Crippen LogP contribution in [0.1, 0.15) is 135 Å². The Morgan fingerprint density at radius 3 is 1.29 bits per heavy atom. The fourth-order valence-electron chi connectivity index (χ4n) is 3.55. The normalized spacial score (nSPS) is 11.2. The maximum Gasteiger partial charge on any atom is 0.308 e. The smallest absolute Gasteiger partial charge is 0.308 e. The summed E-state index contributed by atoms with van der Waals surface area (Å²) < 4.78 is 4.64. The molecule has 0 aliphatic heterocycles. The molecule has 0 aliphatic rings. The summed E-state index contributed by atoms with van der Waals surface area (Å²) in [6, 6.07) is 0. The van der Waals surface area contributed by atoms with Crippen LogP contribution in [-0.4, -0.2) is 5.97 Å². The first-order valence-electron chi connectivity index (χ1n) is 12.1. The van der Waals surface area contributed by atoms with E-state index in [1.54, 1.807) is 0 Å². The molecular formula is C26H47O2. The van der Waals surface area contributed by atoms with E-state index in [0.717, 1.165) is 6.42 Å². The van der Waals surface area contributed by atoms with E-state index >= 15 is 0 Å². The monoisotopic (exact) mass is 391 g/mol. The fraction of sp³-hybridized carbons (Fsp3) is 0.808. The predicted octanol–water partition coefficient (Wildman–Crippen LogP) is 8.85. The van der Waals surface area contributed by atoms with Crippen molar-refractivity contribution in [2.75, 3.05) is 0 Å². The lowest BCUT2D eigenvalue weighted by Gasteiger charge is -2.03. The molecule has 0 rings (SSSR count). The molecule has 0 aromatic carbocycles. The van der Waals surface area contributed by atoms with Crippen molar-refractivity contribution in [1.82, 2.24) is 0 Å². The first kappa shape index (κ1) is 27.0. The average Bonchev–Trinajstić information content (AvgIpc) is 2.68. The first-order chi connectivity index (χ1) is 13.8. The molecular weight excluding hydrogens is 344 g/mol. The summed E-state index contributed by atoms with van der Waals surface area (Å²) in [6.07, 6.45) is 33.6. The predicted molar refractivity (Wildman–Crippen MR) is 122 cm³/mol. The van der Waals surface area contributed by atoms with Gasteiger partial charge < -0.3 is 4.74 Å². The Bertz CT molecular complexity index is 359. The van der Waals surface area contributed by atoms with Crippen LogP contribution in [0.5, 0.6) is 0 Å². The van der Waals surface area contributed by atoms with E-state index in [2.05, 4.69) is 17.6 Å².